The summed E-state index contributed by atoms with van der Waals surface area (Å²) in [7, 11) is 1.66. The zero-order chi connectivity index (χ0) is 10.6. The quantitative estimate of drug-likeness (QED) is 0.321. The molecule has 0 fully saturated rings. The minimum absolute atomic E-state index is 0.463. The molecule has 0 aliphatic rings. The van der Waals surface area contributed by atoms with Crippen LogP contribution in [0.4, 0.5) is 0 Å². The van der Waals surface area contributed by atoms with Crippen LogP contribution in [0.1, 0.15) is 6.42 Å². The summed E-state index contributed by atoms with van der Waals surface area (Å²) in [5, 5.41) is 0. The van der Waals surface area contributed by atoms with Crippen LogP contribution in [0.5, 0.6) is 0 Å². The molecule has 0 unspecified atom stereocenters. The molecule has 84 valence electrons. The molecule has 0 heterocycles. The summed E-state index contributed by atoms with van der Waals surface area (Å²) in [4.78, 5) is 0. The molecule has 0 aromatic heterocycles. The summed E-state index contributed by atoms with van der Waals surface area (Å²) in [6.45, 7) is 6.94. The highest BCUT2D eigenvalue weighted by atomic mass is 35.5. The molecule has 0 aromatic rings. The van der Waals surface area contributed by atoms with Crippen molar-refractivity contribution in [3.63, 3.8) is 0 Å². The predicted octanol–water partition coefficient (Wildman–Crippen LogP) is 1.85. The van der Waals surface area contributed by atoms with E-state index in [-0.39, 0.29) is 0 Å². The molecule has 0 aromatic carbocycles. The Hall–Kier alpha value is -0.0900. The number of methoxy groups -OCH3 is 1. The van der Waals surface area contributed by atoms with Gasteiger partial charge in [-0.25, -0.2) is 0 Å². The average Bonchev–Trinajstić information content (AvgIpc) is 2.21. The topological polar surface area (TPSA) is 27.7 Å². The summed E-state index contributed by atoms with van der Waals surface area (Å²) in [5.41, 5.74) is 0.909. The molecule has 0 saturated carbocycles. The molecule has 0 N–H and O–H groups in total. The van der Waals surface area contributed by atoms with Gasteiger partial charge in [0.25, 0.3) is 0 Å². The largest absolute Gasteiger partial charge is 0.382 e. The van der Waals surface area contributed by atoms with Gasteiger partial charge in [0.05, 0.1) is 19.8 Å². The molecule has 0 radical (unpaired) electrons. The first-order valence-corrected chi connectivity index (χ1v) is 5.21. The molecule has 0 bridgehead atoms. The van der Waals surface area contributed by atoms with Crippen molar-refractivity contribution in [1.82, 2.24) is 0 Å². The van der Waals surface area contributed by atoms with Crippen molar-refractivity contribution in [1.29, 1.82) is 0 Å². The smallest absolute Gasteiger partial charge is 0.0700 e. The Bertz CT molecular complexity index is 139. The maximum Gasteiger partial charge on any atom is 0.0700 e. The van der Waals surface area contributed by atoms with Gasteiger partial charge in [0.15, 0.2) is 0 Å². The van der Waals surface area contributed by atoms with Gasteiger partial charge in [-0.1, -0.05) is 6.58 Å². The van der Waals surface area contributed by atoms with Crippen molar-refractivity contribution < 1.29 is 14.2 Å². The summed E-state index contributed by atoms with van der Waals surface area (Å²) in [5.74, 6) is 0.463. The summed E-state index contributed by atoms with van der Waals surface area (Å²) in [6.07, 6.45) is 0.888. The van der Waals surface area contributed by atoms with Crippen LogP contribution < -0.4 is 0 Å². The van der Waals surface area contributed by atoms with Crippen LogP contribution in [0, 0.1) is 0 Å². The van der Waals surface area contributed by atoms with E-state index in [9.17, 15) is 0 Å². The maximum atomic E-state index is 5.53. The Labute approximate surface area is 91.0 Å². The van der Waals surface area contributed by atoms with Crippen molar-refractivity contribution >= 4 is 11.6 Å². The van der Waals surface area contributed by atoms with Crippen LogP contribution in [0.25, 0.3) is 0 Å². The molecule has 0 spiro atoms. The van der Waals surface area contributed by atoms with E-state index in [0.29, 0.717) is 38.9 Å². The Morgan fingerprint density at radius 2 is 1.86 bits per heavy atom. The maximum absolute atomic E-state index is 5.53. The number of halogens is 1. The Morgan fingerprint density at radius 3 is 2.50 bits per heavy atom. The molecular formula is C10H19ClO3. The summed E-state index contributed by atoms with van der Waals surface area (Å²) < 4.78 is 15.4. The standard InChI is InChI=1S/C10H19ClO3/c1-10(8-11)9-14-5-3-4-13-7-6-12-2/h1,3-9H2,2H3. The van der Waals surface area contributed by atoms with Crippen LogP contribution in [-0.2, 0) is 14.2 Å². The van der Waals surface area contributed by atoms with Crippen molar-refractivity contribution in [2.45, 2.75) is 6.42 Å². The average molecular weight is 223 g/mol. The molecule has 0 amide bonds. The molecule has 0 aliphatic carbocycles. The van der Waals surface area contributed by atoms with E-state index in [1.807, 2.05) is 0 Å². The van der Waals surface area contributed by atoms with Gasteiger partial charge in [-0.3, -0.25) is 0 Å². The van der Waals surface area contributed by atoms with E-state index >= 15 is 0 Å². The zero-order valence-electron chi connectivity index (χ0n) is 8.76. The lowest BCUT2D eigenvalue weighted by molar-refractivity contribution is 0.0545. The highest BCUT2D eigenvalue weighted by molar-refractivity contribution is 6.19. The van der Waals surface area contributed by atoms with Crippen molar-refractivity contribution in [3.8, 4) is 0 Å². The number of hydrogen-bond acceptors (Lipinski definition) is 3. The van der Waals surface area contributed by atoms with Gasteiger partial charge in [0.2, 0.25) is 0 Å². The van der Waals surface area contributed by atoms with Crippen molar-refractivity contribution in [3.05, 3.63) is 12.2 Å². The van der Waals surface area contributed by atoms with Crippen molar-refractivity contribution in [2.75, 3.05) is 46.0 Å². The van der Waals surface area contributed by atoms with Crippen LogP contribution in [-0.4, -0.2) is 46.0 Å². The van der Waals surface area contributed by atoms with Gasteiger partial charge in [-0.2, -0.15) is 0 Å². The van der Waals surface area contributed by atoms with Gasteiger partial charge in [-0.15, -0.1) is 11.6 Å². The molecule has 3 nitrogen and oxygen atoms in total. The van der Waals surface area contributed by atoms with E-state index in [1.54, 1.807) is 7.11 Å². The second-order valence-electron chi connectivity index (χ2n) is 2.89. The molecular weight excluding hydrogens is 204 g/mol. The van der Waals surface area contributed by atoms with E-state index in [4.69, 9.17) is 25.8 Å². The third kappa shape index (κ3) is 9.99. The predicted molar refractivity (Wildman–Crippen MR) is 58.0 cm³/mol. The van der Waals surface area contributed by atoms with Gasteiger partial charge >= 0.3 is 0 Å². The van der Waals surface area contributed by atoms with E-state index in [1.165, 1.54) is 0 Å². The molecule has 0 aliphatic heterocycles. The summed E-state index contributed by atoms with van der Waals surface area (Å²) >= 11 is 5.53. The minimum Gasteiger partial charge on any atom is -0.382 e. The van der Waals surface area contributed by atoms with Crippen molar-refractivity contribution in [2.24, 2.45) is 0 Å². The lowest BCUT2D eigenvalue weighted by Crippen LogP contribution is -2.06. The fraction of sp³-hybridized carbons (Fsp3) is 0.800. The molecule has 14 heavy (non-hydrogen) atoms. The molecule has 4 heteroatoms. The normalized spacial score (nSPS) is 10.4. The first-order valence-electron chi connectivity index (χ1n) is 4.68. The fourth-order valence-electron chi connectivity index (χ4n) is 0.762. The van der Waals surface area contributed by atoms with Crippen LogP contribution in [0.3, 0.4) is 0 Å². The van der Waals surface area contributed by atoms with Crippen LogP contribution in [0.15, 0.2) is 12.2 Å². The van der Waals surface area contributed by atoms with Gasteiger partial charge in [0.1, 0.15) is 0 Å². The van der Waals surface area contributed by atoms with E-state index in [2.05, 4.69) is 6.58 Å². The highest BCUT2D eigenvalue weighted by Crippen LogP contribution is 1.95. The Kier molecular flexibility index (Phi) is 10.9. The number of ether oxygens (including phenoxy) is 3. The second kappa shape index (κ2) is 11.0. The molecule has 0 rings (SSSR count). The lowest BCUT2D eigenvalue weighted by atomic mass is 10.4. The molecule has 0 saturated heterocycles. The number of rotatable bonds is 10. The monoisotopic (exact) mass is 222 g/mol. The summed E-state index contributed by atoms with van der Waals surface area (Å²) in [6, 6.07) is 0. The Balaban J connectivity index is 2.95. The zero-order valence-corrected chi connectivity index (χ0v) is 9.52. The lowest BCUT2D eigenvalue weighted by Gasteiger charge is -2.05. The third-order valence-corrected chi connectivity index (χ3v) is 1.88. The van der Waals surface area contributed by atoms with Gasteiger partial charge < -0.3 is 14.2 Å². The van der Waals surface area contributed by atoms with Gasteiger partial charge in [-0.05, 0) is 12.0 Å². The van der Waals surface area contributed by atoms with Gasteiger partial charge in [0, 0.05) is 26.2 Å². The Morgan fingerprint density at radius 1 is 1.14 bits per heavy atom. The minimum atomic E-state index is 0.463. The van der Waals surface area contributed by atoms with E-state index in [0.717, 1.165) is 12.0 Å². The number of hydrogen-bond donors (Lipinski definition) is 0. The van der Waals surface area contributed by atoms with Crippen LogP contribution >= 0.6 is 11.6 Å². The third-order valence-electron chi connectivity index (χ3n) is 1.50. The second-order valence-corrected chi connectivity index (χ2v) is 3.16. The van der Waals surface area contributed by atoms with Crippen LogP contribution in [0.2, 0.25) is 0 Å². The molecule has 0 atom stereocenters. The first-order chi connectivity index (χ1) is 6.81. The first kappa shape index (κ1) is 13.9. The number of alkyl halides is 1. The van der Waals surface area contributed by atoms with E-state index < -0.39 is 0 Å². The fourth-order valence-corrected chi connectivity index (χ4v) is 0.840. The highest BCUT2D eigenvalue weighted by Gasteiger charge is 1.93. The SMILES string of the molecule is C=C(CCl)COCCCOCCOC.